The summed E-state index contributed by atoms with van der Waals surface area (Å²) in [4.78, 5) is 10.5. The molecule has 4 heterocycles. The summed E-state index contributed by atoms with van der Waals surface area (Å²) in [6.45, 7) is 1.98. The van der Waals surface area contributed by atoms with E-state index in [1.54, 1.807) is 11.3 Å². The van der Waals surface area contributed by atoms with Gasteiger partial charge in [-0.15, -0.1) is 11.3 Å². The Balaban J connectivity index is 1.54. The van der Waals surface area contributed by atoms with Crippen LogP contribution in [0.3, 0.4) is 0 Å². The van der Waals surface area contributed by atoms with Gasteiger partial charge in [0.15, 0.2) is 0 Å². The average molecular weight is 392 g/mol. The Labute approximate surface area is 171 Å². The van der Waals surface area contributed by atoms with E-state index in [-0.39, 0.29) is 0 Å². The zero-order chi connectivity index (χ0) is 19.4. The molecule has 0 N–H and O–H groups in total. The number of aryl methyl sites for hydroxylation is 1. The van der Waals surface area contributed by atoms with Gasteiger partial charge in [0.05, 0.1) is 5.69 Å². The Bertz CT molecular complexity index is 1510. The Kier molecular flexibility index (Phi) is 3.55. The summed E-state index contributed by atoms with van der Waals surface area (Å²) in [6.07, 6.45) is 1.96. The summed E-state index contributed by atoms with van der Waals surface area (Å²) in [5.74, 6) is 0. The standard InChI is InChI=1S/C25H16N2OS/c1-15-10-11-19-18-8-5-9-20(24(18)28-25(19)27-15)21-13-23-17(14-26-21)12-22(29-23)16-6-3-2-4-7-16/h2-14H,1H3. The Morgan fingerprint density at radius 1 is 0.862 bits per heavy atom. The van der Waals surface area contributed by atoms with E-state index < -0.39 is 0 Å². The van der Waals surface area contributed by atoms with Crippen molar-refractivity contribution in [3.63, 3.8) is 0 Å². The van der Waals surface area contributed by atoms with Gasteiger partial charge in [-0.05, 0) is 42.8 Å². The van der Waals surface area contributed by atoms with E-state index in [1.807, 2.05) is 25.3 Å². The minimum atomic E-state index is 0.677. The number of fused-ring (bicyclic) bond motifs is 4. The number of pyridine rings is 2. The highest BCUT2D eigenvalue weighted by Crippen LogP contribution is 2.38. The van der Waals surface area contributed by atoms with Crippen LogP contribution in [0.5, 0.6) is 0 Å². The van der Waals surface area contributed by atoms with Crippen molar-refractivity contribution in [1.29, 1.82) is 0 Å². The summed E-state index contributed by atoms with van der Waals surface area (Å²) >= 11 is 1.79. The second kappa shape index (κ2) is 6.26. The van der Waals surface area contributed by atoms with Gasteiger partial charge in [0.1, 0.15) is 5.58 Å². The molecule has 29 heavy (non-hydrogen) atoms. The maximum atomic E-state index is 6.16. The zero-order valence-electron chi connectivity index (χ0n) is 15.7. The molecule has 6 aromatic rings. The summed E-state index contributed by atoms with van der Waals surface area (Å²) in [5, 5.41) is 3.27. The first-order valence-electron chi connectivity index (χ1n) is 9.50. The summed E-state index contributed by atoms with van der Waals surface area (Å²) in [5.41, 5.74) is 5.61. The lowest BCUT2D eigenvalue weighted by Crippen LogP contribution is -1.83. The Morgan fingerprint density at radius 2 is 1.76 bits per heavy atom. The summed E-state index contributed by atoms with van der Waals surface area (Å²) < 4.78 is 7.38. The van der Waals surface area contributed by atoms with Gasteiger partial charge in [0.2, 0.25) is 5.71 Å². The van der Waals surface area contributed by atoms with Gasteiger partial charge in [-0.3, -0.25) is 4.98 Å². The van der Waals surface area contributed by atoms with E-state index in [0.29, 0.717) is 5.71 Å². The molecule has 4 aromatic heterocycles. The number of aromatic nitrogens is 2. The van der Waals surface area contributed by atoms with Crippen LogP contribution < -0.4 is 0 Å². The lowest BCUT2D eigenvalue weighted by Gasteiger charge is -2.02. The van der Waals surface area contributed by atoms with Gasteiger partial charge in [-0.2, -0.15) is 0 Å². The molecular formula is C25H16N2OS. The van der Waals surface area contributed by atoms with Crippen molar-refractivity contribution in [3.05, 3.63) is 84.7 Å². The average Bonchev–Trinajstić information content (AvgIpc) is 3.34. The second-order valence-electron chi connectivity index (χ2n) is 7.17. The SMILES string of the molecule is Cc1ccc2c(n1)oc1c(-c3cc4sc(-c5ccccc5)cc4cn3)cccc12. The number of furan rings is 1. The quantitative estimate of drug-likeness (QED) is 0.312. The van der Waals surface area contributed by atoms with Crippen molar-refractivity contribution < 1.29 is 4.42 Å². The molecule has 0 saturated carbocycles. The minimum absolute atomic E-state index is 0.677. The number of rotatable bonds is 2. The van der Waals surface area contributed by atoms with Crippen LogP contribution in [0.25, 0.3) is 53.9 Å². The molecule has 4 heteroatoms. The molecular weight excluding hydrogens is 376 g/mol. The second-order valence-corrected chi connectivity index (χ2v) is 8.26. The molecule has 0 aliphatic carbocycles. The van der Waals surface area contributed by atoms with E-state index in [9.17, 15) is 0 Å². The molecule has 0 bridgehead atoms. The highest BCUT2D eigenvalue weighted by Gasteiger charge is 2.15. The molecule has 0 saturated heterocycles. The molecule has 6 rings (SSSR count). The molecule has 0 spiro atoms. The van der Waals surface area contributed by atoms with Crippen LogP contribution in [0.1, 0.15) is 5.69 Å². The van der Waals surface area contributed by atoms with Crippen LogP contribution in [0.2, 0.25) is 0 Å². The van der Waals surface area contributed by atoms with Crippen LogP contribution >= 0.6 is 11.3 Å². The molecule has 3 nitrogen and oxygen atoms in total. The van der Waals surface area contributed by atoms with E-state index in [1.165, 1.54) is 15.1 Å². The first kappa shape index (κ1) is 16.5. The van der Waals surface area contributed by atoms with Gasteiger partial charge in [0, 0.05) is 43.2 Å². The van der Waals surface area contributed by atoms with E-state index in [2.05, 4.69) is 65.6 Å². The van der Waals surface area contributed by atoms with Gasteiger partial charge in [-0.25, -0.2) is 4.98 Å². The van der Waals surface area contributed by atoms with E-state index >= 15 is 0 Å². The van der Waals surface area contributed by atoms with Crippen molar-refractivity contribution in [2.24, 2.45) is 0 Å². The molecule has 0 fully saturated rings. The Hall–Kier alpha value is -3.50. The van der Waals surface area contributed by atoms with Crippen molar-refractivity contribution in [2.75, 3.05) is 0 Å². The van der Waals surface area contributed by atoms with Crippen LogP contribution in [0.15, 0.2) is 83.4 Å². The fraction of sp³-hybridized carbons (Fsp3) is 0.0400. The number of nitrogens with zero attached hydrogens (tertiary/aromatic N) is 2. The lowest BCUT2D eigenvalue weighted by molar-refractivity contribution is 0.653. The molecule has 0 radical (unpaired) electrons. The van der Waals surface area contributed by atoms with Gasteiger partial charge in [-0.1, -0.05) is 42.5 Å². The fourth-order valence-electron chi connectivity index (χ4n) is 3.80. The van der Waals surface area contributed by atoms with Crippen molar-refractivity contribution in [1.82, 2.24) is 9.97 Å². The molecule has 0 amide bonds. The highest BCUT2D eigenvalue weighted by atomic mass is 32.1. The molecule has 0 atom stereocenters. The van der Waals surface area contributed by atoms with E-state index in [4.69, 9.17) is 9.40 Å². The van der Waals surface area contributed by atoms with Gasteiger partial charge < -0.3 is 4.42 Å². The minimum Gasteiger partial charge on any atom is -0.437 e. The molecule has 0 unspecified atom stereocenters. The third kappa shape index (κ3) is 2.64. The van der Waals surface area contributed by atoms with Crippen LogP contribution in [0, 0.1) is 6.92 Å². The molecule has 0 aliphatic heterocycles. The molecule has 138 valence electrons. The predicted octanol–water partition coefficient (Wildman–Crippen LogP) is 7.23. The molecule has 2 aromatic carbocycles. The highest BCUT2D eigenvalue weighted by molar-refractivity contribution is 7.22. The number of hydrogen-bond donors (Lipinski definition) is 0. The molecule has 0 aliphatic rings. The van der Waals surface area contributed by atoms with Gasteiger partial charge >= 0.3 is 0 Å². The van der Waals surface area contributed by atoms with Crippen molar-refractivity contribution in [3.8, 4) is 21.7 Å². The predicted molar refractivity (Wildman–Crippen MR) is 120 cm³/mol. The first-order valence-corrected chi connectivity index (χ1v) is 10.3. The van der Waals surface area contributed by atoms with Gasteiger partial charge in [0.25, 0.3) is 0 Å². The van der Waals surface area contributed by atoms with Crippen LogP contribution in [0.4, 0.5) is 0 Å². The van der Waals surface area contributed by atoms with E-state index in [0.717, 1.165) is 38.7 Å². The monoisotopic (exact) mass is 392 g/mol. The number of hydrogen-bond acceptors (Lipinski definition) is 4. The summed E-state index contributed by atoms with van der Waals surface area (Å²) in [7, 11) is 0. The fourth-order valence-corrected chi connectivity index (χ4v) is 4.88. The third-order valence-electron chi connectivity index (χ3n) is 5.24. The lowest BCUT2D eigenvalue weighted by atomic mass is 10.1. The zero-order valence-corrected chi connectivity index (χ0v) is 16.5. The van der Waals surface area contributed by atoms with Crippen molar-refractivity contribution >= 4 is 43.5 Å². The normalized spacial score (nSPS) is 11.6. The maximum absolute atomic E-state index is 6.16. The smallest absolute Gasteiger partial charge is 0.227 e. The van der Waals surface area contributed by atoms with Crippen LogP contribution in [-0.2, 0) is 0 Å². The topological polar surface area (TPSA) is 38.9 Å². The Morgan fingerprint density at radius 3 is 2.66 bits per heavy atom. The van der Waals surface area contributed by atoms with Crippen LogP contribution in [-0.4, -0.2) is 9.97 Å². The largest absolute Gasteiger partial charge is 0.437 e. The number of thiophene rings is 1. The first-order chi connectivity index (χ1) is 14.3. The maximum Gasteiger partial charge on any atom is 0.227 e. The summed E-state index contributed by atoms with van der Waals surface area (Å²) in [6, 6.07) is 25.1. The number of para-hydroxylation sites is 1. The number of benzene rings is 2. The third-order valence-corrected chi connectivity index (χ3v) is 6.39. The van der Waals surface area contributed by atoms with Crippen molar-refractivity contribution in [2.45, 2.75) is 6.92 Å².